The maximum atomic E-state index is 11.3. The Labute approximate surface area is 164 Å². The van der Waals surface area contributed by atoms with Crippen molar-refractivity contribution in [1.29, 1.82) is 0 Å². The highest BCUT2D eigenvalue weighted by Crippen LogP contribution is 2.34. The molecule has 28 heavy (non-hydrogen) atoms. The summed E-state index contributed by atoms with van der Waals surface area (Å²) in [5, 5.41) is 18.7. The molecule has 3 aliphatic carbocycles. The van der Waals surface area contributed by atoms with Gasteiger partial charge in [0, 0.05) is 6.42 Å². The van der Waals surface area contributed by atoms with E-state index < -0.39 is 11.6 Å². The van der Waals surface area contributed by atoms with Crippen LogP contribution in [0.3, 0.4) is 0 Å². The van der Waals surface area contributed by atoms with Gasteiger partial charge in [0.15, 0.2) is 11.6 Å². The van der Waals surface area contributed by atoms with Crippen LogP contribution in [0.25, 0.3) is 0 Å². The van der Waals surface area contributed by atoms with Crippen LogP contribution in [0.1, 0.15) is 59.7 Å². The monoisotopic (exact) mass is 380 g/mol. The first-order valence-electron chi connectivity index (χ1n) is 9.57. The number of ether oxygens (including phenoxy) is 1. The fourth-order valence-electron chi connectivity index (χ4n) is 3.32. The highest BCUT2D eigenvalue weighted by molar-refractivity contribution is 6.24. The minimum absolute atomic E-state index is 0.127. The molecule has 2 N–H and O–H groups in total. The Kier molecular flexibility index (Phi) is 6.14. The third kappa shape index (κ3) is 4.25. The van der Waals surface area contributed by atoms with Gasteiger partial charge in [0.25, 0.3) is 0 Å². The molecule has 1 aromatic carbocycles. The van der Waals surface area contributed by atoms with Gasteiger partial charge in [-0.3, -0.25) is 9.59 Å². The average Bonchev–Trinajstić information content (AvgIpc) is 3.30. The van der Waals surface area contributed by atoms with Crippen LogP contribution in [0.5, 0.6) is 11.5 Å². The predicted octanol–water partition coefficient (Wildman–Crippen LogP) is 4.77. The summed E-state index contributed by atoms with van der Waals surface area (Å²) in [5.41, 5.74) is 2.52. The Bertz CT molecular complexity index is 872. The van der Waals surface area contributed by atoms with Crippen LogP contribution in [-0.2, 0) is 4.74 Å². The maximum Gasteiger partial charge on any atom is 0.190 e. The van der Waals surface area contributed by atoms with Crippen molar-refractivity contribution >= 4 is 11.6 Å². The number of carbonyl (C=O) groups excluding carboxylic acids is 2. The number of hydrogen-bond donors (Lipinski definition) is 2. The standard InChI is InChI=1S/C13H18O.C10H6O4/c1-2-3-4-5-8-14-13-10-11-6-7-12(13)9-11;11-5-1-2-6(12)10-8(14)4-3-7(13)9(5)10/h6-7,10H,2-5,8-9H2,1H3;1-4,11-12H. The van der Waals surface area contributed by atoms with E-state index in [2.05, 4.69) is 25.2 Å². The number of hydrogen-bond acceptors (Lipinski definition) is 5. The van der Waals surface area contributed by atoms with Gasteiger partial charge < -0.3 is 14.9 Å². The van der Waals surface area contributed by atoms with Crippen molar-refractivity contribution in [3.05, 3.63) is 70.5 Å². The second kappa shape index (κ2) is 8.74. The molecule has 2 bridgehead atoms. The Morgan fingerprint density at radius 2 is 1.54 bits per heavy atom. The van der Waals surface area contributed by atoms with Gasteiger partial charge in [-0.2, -0.15) is 0 Å². The number of allylic oxidation sites excluding steroid dienone is 7. The fraction of sp³-hybridized carbons (Fsp3) is 0.304. The third-order valence-electron chi connectivity index (χ3n) is 4.82. The van der Waals surface area contributed by atoms with Gasteiger partial charge in [-0.25, -0.2) is 0 Å². The van der Waals surface area contributed by atoms with Crippen molar-refractivity contribution in [2.45, 2.75) is 39.0 Å². The summed E-state index contributed by atoms with van der Waals surface area (Å²) in [6.45, 7) is 3.12. The number of carbonyl (C=O) groups is 2. The summed E-state index contributed by atoms with van der Waals surface area (Å²) in [4.78, 5) is 22.6. The molecule has 0 saturated heterocycles. The van der Waals surface area contributed by atoms with Crippen LogP contribution in [0.2, 0.25) is 0 Å². The van der Waals surface area contributed by atoms with Crippen LogP contribution >= 0.6 is 0 Å². The molecule has 4 rings (SSSR count). The van der Waals surface area contributed by atoms with Gasteiger partial charge >= 0.3 is 0 Å². The number of rotatable bonds is 6. The smallest absolute Gasteiger partial charge is 0.190 e. The van der Waals surface area contributed by atoms with E-state index in [1.54, 1.807) is 0 Å². The van der Waals surface area contributed by atoms with Gasteiger partial charge in [0.2, 0.25) is 0 Å². The molecular formula is C23H24O5. The first-order chi connectivity index (χ1) is 13.5. The van der Waals surface area contributed by atoms with Crippen molar-refractivity contribution in [2.24, 2.45) is 0 Å². The molecule has 0 saturated carbocycles. The first kappa shape index (κ1) is 19.7. The Morgan fingerprint density at radius 1 is 0.893 bits per heavy atom. The van der Waals surface area contributed by atoms with E-state index in [1.165, 1.54) is 49.0 Å². The van der Waals surface area contributed by atoms with Crippen LogP contribution in [0.4, 0.5) is 0 Å². The van der Waals surface area contributed by atoms with Gasteiger partial charge in [-0.1, -0.05) is 38.3 Å². The largest absolute Gasteiger partial charge is 0.507 e. The van der Waals surface area contributed by atoms with Crippen LogP contribution in [-0.4, -0.2) is 28.4 Å². The molecule has 0 radical (unpaired) electrons. The second-order valence-electron chi connectivity index (χ2n) is 6.94. The minimum Gasteiger partial charge on any atom is -0.507 e. The van der Waals surface area contributed by atoms with Gasteiger partial charge in [-0.05, 0) is 47.9 Å². The first-order valence-corrected chi connectivity index (χ1v) is 9.57. The number of phenolic OH excluding ortho intramolecular Hbond substituents is 2. The van der Waals surface area contributed by atoms with Crippen LogP contribution in [0.15, 0.2) is 59.4 Å². The molecule has 0 unspecified atom stereocenters. The number of benzene rings is 1. The number of aromatic hydroxyl groups is 2. The van der Waals surface area contributed by atoms with E-state index in [0.29, 0.717) is 0 Å². The zero-order valence-corrected chi connectivity index (χ0v) is 15.9. The SMILES string of the molecule is CCCCCCOC1=C2C=CC(=C1)C2.O=C1C=CC(=O)c2c(O)ccc(O)c21. The van der Waals surface area contributed by atoms with Gasteiger partial charge in [0.1, 0.15) is 17.3 Å². The third-order valence-corrected chi connectivity index (χ3v) is 4.82. The highest BCUT2D eigenvalue weighted by Gasteiger charge is 2.25. The lowest BCUT2D eigenvalue weighted by Crippen LogP contribution is -2.11. The Morgan fingerprint density at radius 3 is 2.04 bits per heavy atom. The van der Waals surface area contributed by atoms with E-state index in [-0.39, 0.29) is 22.6 Å². The molecule has 0 atom stereocenters. The zero-order chi connectivity index (χ0) is 20.1. The van der Waals surface area contributed by atoms with Crippen LogP contribution < -0.4 is 0 Å². The highest BCUT2D eigenvalue weighted by atomic mass is 16.5. The predicted molar refractivity (Wildman–Crippen MR) is 107 cm³/mol. The summed E-state index contributed by atoms with van der Waals surface area (Å²) < 4.78 is 5.74. The lowest BCUT2D eigenvalue weighted by atomic mass is 9.93. The van der Waals surface area contributed by atoms with E-state index >= 15 is 0 Å². The lowest BCUT2D eigenvalue weighted by molar-refractivity contribution is 0.0989. The summed E-state index contributed by atoms with van der Waals surface area (Å²) in [6, 6.07) is 2.36. The van der Waals surface area contributed by atoms with Crippen molar-refractivity contribution in [3.8, 4) is 11.5 Å². The van der Waals surface area contributed by atoms with Crippen molar-refractivity contribution in [2.75, 3.05) is 6.61 Å². The van der Waals surface area contributed by atoms with Crippen LogP contribution in [0, 0.1) is 0 Å². The van der Waals surface area contributed by atoms with Gasteiger partial charge in [0.05, 0.1) is 17.7 Å². The minimum atomic E-state index is -0.479. The van der Waals surface area contributed by atoms with Crippen molar-refractivity contribution in [3.63, 3.8) is 0 Å². The summed E-state index contributed by atoms with van der Waals surface area (Å²) in [6.07, 6.45) is 14.9. The molecular weight excluding hydrogens is 356 g/mol. The normalized spacial score (nSPS) is 16.1. The molecule has 0 amide bonds. The topological polar surface area (TPSA) is 83.8 Å². The molecule has 0 fully saturated rings. The molecule has 1 aromatic rings. The quantitative estimate of drug-likeness (QED) is 0.549. The summed E-state index contributed by atoms with van der Waals surface area (Å²) >= 11 is 0. The average molecular weight is 380 g/mol. The second-order valence-corrected chi connectivity index (χ2v) is 6.94. The Balaban J connectivity index is 0.000000161. The number of phenols is 2. The Hall–Kier alpha value is -3.08. The number of ketones is 2. The number of fused-ring (bicyclic) bond motifs is 3. The molecule has 3 aliphatic rings. The van der Waals surface area contributed by atoms with E-state index in [9.17, 15) is 19.8 Å². The molecule has 0 aliphatic heterocycles. The summed E-state index contributed by atoms with van der Waals surface area (Å²) in [5.74, 6) is -0.416. The van der Waals surface area contributed by atoms with E-state index in [4.69, 9.17) is 4.74 Å². The van der Waals surface area contributed by atoms with Gasteiger partial charge in [-0.15, -0.1) is 0 Å². The fourth-order valence-corrected chi connectivity index (χ4v) is 3.32. The molecule has 5 heteroatoms. The molecule has 0 spiro atoms. The molecule has 146 valence electrons. The van der Waals surface area contributed by atoms with E-state index in [0.717, 1.165) is 30.9 Å². The van der Waals surface area contributed by atoms with E-state index in [1.807, 2.05) is 0 Å². The molecule has 0 heterocycles. The maximum absolute atomic E-state index is 11.3. The number of unbranched alkanes of at least 4 members (excludes halogenated alkanes) is 3. The molecule has 5 nitrogen and oxygen atoms in total. The lowest BCUT2D eigenvalue weighted by Gasteiger charge is -2.11. The zero-order valence-electron chi connectivity index (χ0n) is 15.9. The van der Waals surface area contributed by atoms with Crippen molar-refractivity contribution < 1.29 is 24.5 Å². The van der Waals surface area contributed by atoms with Crippen molar-refractivity contribution in [1.82, 2.24) is 0 Å². The molecule has 0 aromatic heterocycles. The summed E-state index contributed by atoms with van der Waals surface area (Å²) in [7, 11) is 0.